The zero-order valence-electron chi connectivity index (χ0n) is 16.1. The van der Waals surface area contributed by atoms with Crippen molar-refractivity contribution >= 4 is 33.4 Å². The van der Waals surface area contributed by atoms with E-state index in [4.69, 9.17) is 4.74 Å². The summed E-state index contributed by atoms with van der Waals surface area (Å²) in [5.74, 6) is 0.0537. The van der Waals surface area contributed by atoms with Crippen molar-refractivity contribution in [3.05, 3.63) is 66.5 Å². The molecule has 0 aliphatic heterocycles. The highest BCUT2D eigenvalue weighted by atomic mass is 16.5. The number of aromatic amines is 1. The molecule has 2 aromatic heterocycles. The van der Waals surface area contributed by atoms with Crippen molar-refractivity contribution in [2.24, 2.45) is 0 Å². The SMILES string of the molecule is COCCn1cc(CCCC(=O)Nc2ccc3[nH]ccc3c2)c2ccccc21. The van der Waals surface area contributed by atoms with E-state index in [0.717, 1.165) is 36.0 Å². The number of ether oxygens (including phenoxy) is 1. The standard InChI is InChI=1S/C23H25N3O2/c1-28-14-13-26-16-18(20-6-2-3-7-22(20)26)5-4-8-23(27)25-19-9-10-21-17(15-19)11-12-24-21/h2-3,6-7,9-12,15-16,24H,4-5,8,13-14H2,1H3,(H,25,27). The van der Waals surface area contributed by atoms with Crippen LogP contribution in [-0.4, -0.2) is 29.2 Å². The summed E-state index contributed by atoms with van der Waals surface area (Å²) in [7, 11) is 1.72. The maximum atomic E-state index is 12.3. The van der Waals surface area contributed by atoms with Crippen LogP contribution in [0.5, 0.6) is 0 Å². The molecule has 2 aromatic carbocycles. The van der Waals surface area contributed by atoms with Crippen LogP contribution in [0.4, 0.5) is 5.69 Å². The van der Waals surface area contributed by atoms with Gasteiger partial charge in [-0.3, -0.25) is 4.79 Å². The van der Waals surface area contributed by atoms with Gasteiger partial charge in [-0.05, 0) is 48.7 Å². The number of para-hydroxylation sites is 1. The van der Waals surface area contributed by atoms with Crippen LogP contribution in [0.25, 0.3) is 21.8 Å². The van der Waals surface area contributed by atoms with Crippen LogP contribution in [0.1, 0.15) is 18.4 Å². The quantitative estimate of drug-likeness (QED) is 0.468. The molecule has 0 fully saturated rings. The van der Waals surface area contributed by atoms with Gasteiger partial charge in [-0.15, -0.1) is 0 Å². The number of hydrogen-bond acceptors (Lipinski definition) is 2. The smallest absolute Gasteiger partial charge is 0.224 e. The van der Waals surface area contributed by atoms with Crippen molar-refractivity contribution in [3.8, 4) is 0 Å². The molecule has 0 saturated heterocycles. The molecule has 2 heterocycles. The number of methoxy groups -OCH3 is 1. The van der Waals surface area contributed by atoms with Gasteiger partial charge in [0.2, 0.25) is 5.91 Å². The molecular weight excluding hydrogens is 350 g/mol. The molecule has 0 spiro atoms. The highest BCUT2D eigenvalue weighted by Crippen LogP contribution is 2.23. The summed E-state index contributed by atoms with van der Waals surface area (Å²) in [6, 6.07) is 16.3. The average molecular weight is 375 g/mol. The minimum atomic E-state index is 0.0537. The molecule has 5 heteroatoms. The Bertz CT molecular complexity index is 1090. The number of anilines is 1. The first-order valence-electron chi connectivity index (χ1n) is 9.67. The molecule has 4 aromatic rings. The maximum absolute atomic E-state index is 12.3. The number of aromatic nitrogens is 2. The van der Waals surface area contributed by atoms with Gasteiger partial charge in [-0.2, -0.15) is 0 Å². The number of nitrogens with zero attached hydrogens (tertiary/aromatic N) is 1. The van der Waals surface area contributed by atoms with E-state index in [1.807, 2.05) is 30.5 Å². The fourth-order valence-corrected chi connectivity index (χ4v) is 3.69. The van der Waals surface area contributed by atoms with Gasteiger partial charge in [0.15, 0.2) is 0 Å². The third-order valence-corrected chi connectivity index (χ3v) is 5.09. The molecular formula is C23H25N3O2. The van der Waals surface area contributed by atoms with Crippen LogP contribution >= 0.6 is 0 Å². The molecule has 5 nitrogen and oxygen atoms in total. The van der Waals surface area contributed by atoms with Gasteiger partial charge in [0.05, 0.1) is 6.61 Å². The molecule has 0 unspecified atom stereocenters. The van der Waals surface area contributed by atoms with E-state index in [0.29, 0.717) is 13.0 Å². The Kier molecular flexibility index (Phi) is 5.44. The molecule has 0 saturated carbocycles. The first-order chi connectivity index (χ1) is 13.7. The molecule has 2 N–H and O–H groups in total. The Balaban J connectivity index is 1.37. The van der Waals surface area contributed by atoms with E-state index in [1.54, 1.807) is 7.11 Å². The predicted molar refractivity (Wildman–Crippen MR) is 114 cm³/mol. The second-order valence-electron chi connectivity index (χ2n) is 7.04. The molecule has 0 atom stereocenters. The average Bonchev–Trinajstić information content (AvgIpc) is 3.31. The second-order valence-corrected chi connectivity index (χ2v) is 7.04. The minimum Gasteiger partial charge on any atom is -0.383 e. The lowest BCUT2D eigenvalue weighted by molar-refractivity contribution is -0.116. The highest BCUT2D eigenvalue weighted by Gasteiger charge is 2.09. The summed E-state index contributed by atoms with van der Waals surface area (Å²) >= 11 is 0. The van der Waals surface area contributed by atoms with Crippen molar-refractivity contribution < 1.29 is 9.53 Å². The van der Waals surface area contributed by atoms with E-state index in [-0.39, 0.29) is 5.91 Å². The number of H-pyrrole nitrogens is 1. The van der Waals surface area contributed by atoms with Crippen LogP contribution < -0.4 is 5.32 Å². The summed E-state index contributed by atoms with van der Waals surface area (Å²) in [5.41, 5.74) is 4.42. The second kappa shape index (κ2) is 8.31. The minimum absolute atomic E-state index is 0.0537. The largest absolute Gasteiger partial charge is 0.383 e. The Morgan fingerprint density at radius 1 is 1.18 bits per heavy atom. The van der Waals surface area contributed by atoms with Gasteiger partial charge in [-0.1, -0.05) is 18.2 Å². The normalized spacial score (nSPS) is 11.3. The Morgan fingerprint density at radius 3 is 2.96 bits per heavy atom. The number of benzene rings is 2. The van der Waals surface area contributed by atoms with E-state index in [2.05, 4.69) is 45.3 Å². The van der Waals surface area contributed by atoms with E-state index >= 15 is 0 Å². The number of hydrogen-bond donors (Lipinski definition) is 2. The molecule has 0 bridgehead atoms. The van der Waals surface area contributed by atoms with Gasteiger partial charge in [0.1, 0.15) is 0 Å². The summed E-state index contributed by atoms with van der Waals surface area (Å²) in [6.07, 6.45) is 6.30. The van der Waals surface area contributed by atoms with Crippen LogP contribution in [0, 0.1) is 0 Å². The molecule has 0 aliphatic rings. The van der Waals surface area contributed by atoms with Crippen LogP contribution in [-0.2, 0) is 22.5 Å². The number of nitrogens with one attached hydrogen (secondary N) is 2. The topological polar surface area (TPSA) is 59.0 Å². The number of carbonyl (C=O) groups excluding carboxylic acids is 1. The van der Waals surface area contributed by atoms with Crippen LogP contribution in [0.2, 0.25) is 0 Å². The summed E-state index contributed by atoms with van der Waals surface area (Å²) in [5, 5.41) is 5.37. The van der Waals surface area contributed by atoms with Gasteiger partial charge >= 0.3 is 0 Å². The van der Waals surface area contributed by atoms with Crippen molar-refractivity contribution in [3.63, 3.8) is 0 Å². The third-order valence-electron chi connectivity index (χ3n) is 5.09. The fraction of sp³-hybridized carbons (Fsp3) is 0.261. The van der Waals surface area contributed by atoms with E-state index in [9.17, 15) is 4.79 Å². The summed E-state index contributed by atoms with van der Waals surface area (Å²) in [6.45, 7) is 1.52. The number of carbonyl (C=O) groups is 1. The number of amides is 1. The third kappa shape index (κ3) is 3.94. The molecule has 0 aliphatic carbocycles. The maximum Gasteiger partial charge on any atom is 0.224 e. The van der Waals surface area contributed by atoms with Gasteiger partial charge in [-0.25, -0.2) is 0 Å². The Hall–Kier alpha value is -3.05. The molecule has 4 rings (SSSR count). The lowest BCUT2D eigenvalue weighted by Gasteiger charge is -2.05. The fourth-order valence-electron chi connectivity index (χ4n) is 3.69. The highest BCUT2D eigenvalue weighted by molar-refractivity contribution is 5.93. The molecule has 0 radical (unpaired) electrons. The lowest BCUT2D eigenvalue weighted by atomic mass is 10.1. The number of fused-ring (bicyclic) bond motifs is 2. The Labute approximate surface area is 164 Å². The van der Waals surface area contributed by atoms with Crippen molar-refractivity contribution in [2.75, 3.05) is 19.0 Å². The number of rotatable bonds is 8. The van der Waals surface area contributed by atoms with E-state index in [1.165, 1.54) is 16.5 Å². The van der Waals surface area contributed by atoms with E-state index < -0.39 is 0 Å². The molecule has 1 amide bonds. The van der Waals surface area contributed by atoms with Crippen molar-refractivity contribution in [2.45, 2.75) is 25.8 Å². The van der Waals surface area contributed by atoms with Crippen molar-refractivity contribution in [1.29, 1.82) is 0 Å². The summed E-state index contributed by atoms with van der Waals surface area (Å²) < 4.78 is 7.46. The monoisotopic (exact) mass is 375 g/mol. The zero-order chi connectivity index (χ0) is 19.3. The first-order valence-corrected chi connectivity index (χ1v) is 9.67. The Morgan fingerprint density at radius 2 is 2.07 bits per heavy atom. The van der Waals surface area contributed by atoms with Crippen molar-refractivity contribution in [1.82, 2.24) is 9.55 Å². The van der Waals surface area contributed by atoms with Crippen LogP contribution in [0.3, 0.4) is 0 Å². The first kappa shape index (κ1) is 18.3. The number of aryl methyl sites for hydroxylation is 1. The zero-order valence-corrected chi connectivity index (χ0v) is 16.1. The van der Waals surface area contributed by atoms with Gasteiger partial charge < -0.3 is 19.6 Å². The molecule has 28 heavy (non-hydrogen) atoms. The van der Waals surface area contributed by atoms with Gasteiger partial charge in [0.25, 0.3) is 0 Å². The lowest BCUT2D eigenvalue weighted by Crippen LogP contribution is -2.11. The van der Waals surface area contributed by atoms with Crippen LogP contribution in [0.15, 0.2) is 60.9 Å². The predicted octanol–water partition coefficient (Wildman–Crippen LogP) is 4.73. The van der Waals surface area contributed by atoms with Gasteiger partial charge in [0, 0.05) is 60.0 Å². The molecule has 144 valence electrons. The summed E-state index contributed by atoms with van der Waals surface area (Å²) in [4.78, 5) is 15.5.